The van der Waals surface area contributed by atoms with E-state index in [-0.39, 0.29) is 0 Å². The van der Waals surface area contributed by atoms with Crippen LogP contribution in [0.5, 0.6) is 5.88 Å². The molecule has 1 unspecified atom stereocenters. The number of hydrogen-bond acceptors (Lipinski definition) is 4. The van der Waals surface area contributed by atoms with Crippen LogP contribution >= 0.6 is 0 Å². The van der Waals surface area contributed by atoms with Crippen LogP contribution in [0.25, 0.3) is 0 Å². The van der Waals surface area contributed by atoms with Crippen LogP contribution in [-0.4, -0.2) is 24.0 Å². The van der Waals surface area contributed by atoms with Crippen LogP contribution in [0, 0.1) is 11.8 Å². The van der Waals surface area contributed by atoms with Crippen LogP contribution in [0.15, 0.2) is 42.3 Å². The molecule has 5 heteroatoms. The lowest BCUT2D eigenvalue weighted by molar-refractivity contribution is 0.1000. The molecule has 0 saturated carbocycles. The average molecular weight is 315 g/mol. The number of primary amides is 1. The van der Waals surface area contributed by atoms with Crippen molar-refractivity contribution in [3.05, 3.63) is 47.9 Å². The highest BCUT2D eigenvalue weighted by Gasteiger charge is 2.10. The van der Waals surface area contributed by atoms with Gasteiger partial charge in [-0.25, -0.2) is 4.98 Å². The summed E-state index contributed by atoms with van der Waals surface area (Å²) in [4.78, 5) is 15.1. The lowest BCUT2D eigenvalue weighted by atomic mass is 10.00. The fourth-order valence-corrected chi connectivity index (χ4v) is 2.26. The Morgan fingerprint density at radius 3 is 2.87 bits per heavy atom. The maximum atomic E-state index is 11.0. The minimum Gasteiger partial charge on any atom is -0.439 e. The van der Waals surface area contributed by atoms with E-state index in [0.717, 1.165) is 31.2 Å². The zero-order valence-electron chi connectivity index (χ0n) is 13.8. The first-order valence-electron chi connectivity index (χ1n) is 8.07. The quantitative estimate of drug-likeness (QED) is 0.723. The number of carbonyl (C=O) groups is 1. The van der Waals surface area contributed by atoms with Crippen LogP contribution in [0.4, 0.5) is 0 Å². The molecule has 124 valence electrons. The molecular formula is C18H25N3O2. The Balaban J connectivity index is 1.76. The van der Waals surface area contributed by atoms with Gasteiger partial charge in [-0.3, -0.25) is 4.79 Å². The minimum absolute atomic E-state index is 0.373. The third kappa shape index (κ3) is 5.87. The van der Waals surface area contributed by atoms with Crippen LogP contribution in [0.2, 0.25) is 0 Å². The van der Waals surface area contributed by atoms with E-state index < -0.39 is 5.91 Å². The maximum Gasteiger partial charge on any atom is 0.250 e. The molecule has 5 nitrogen and oxygen atoms in total. The zero-order valence-corrected chi connectivity index (χ0v) is 13.8. The molecule has 1 atom stereocenters. The highest BCUT2D eigenvalue weighted by molar-refractivity contribution is 5.92. The van der Waals surface area contributed by atoms with E-state index in [0.29, 0.717) is 17.4 Å². The molecule has 2 rings (SSSR count). The number of nitrogens with two attached hydrogens (primary N) is 1. The number of allylic oxidation sites excluding steroid dienone is 2. The largest absolute Gasteiger partial charge is 0.439 e. The highest BCUT2D eigenvalue weighted by atomic mass is 16.5. The fraction of sp³-hybridized carbons (Fsp3) is 0.444. The van der Waals surface area contributed by atoms with Gasteiger partial charge < -0.3 is 15.8 Å². The van der Waals surface area contributed by atoms with Gasteiger partial charge in [0.25, 0.3) is 0 Å². The van der Waals surface area contributed by atoms with Crippen molar-refractivity contribution in [3.63, 3.8) is 0 Å². The SMILES string of the molecule is CC(C)CCNCC1C=CC(Oc2ccc(C(N)=O)cn2)=CC1. The lowest BCUT2D eigenvalue weighted by Crippen LogP contribution is -2.24. The first kappa shape index (κ1) is 17.2. The molecule has 0 aliphatic heterocycles. The second-order valence-corrected chi connectivity index (χ2v) is 6.20. The molecular weight excluding hydrogens is 290 g/mol. The van der Waals surface area contributed by atoms with Crippen molar-refractivity contribution in [1.29, 1.82) is 0 Å². The summed E-state index contributed by atoms with van der Waals surface area (Å²) in [6.07, 6.45) is 9.77. The molecule has 0 bridgehead atoms. The Morgan fingerprint density at radius 1 is 1.48 bits per heavy atom. The van der Waals surface area contributed by atoms with Gasteiger partial charge in [0.2, 0.25) is 11.8 Å². The second-order valence-electron chi connectivity index (χ2n) is 6.20. The van der Waals surface area contributed by atoms with Gasteiger partial charge in [0.1, 0.15) is 5.76 Å². The molecule has 1 aromatic rings. The summed E-state index contributed by atoms with van der Waals surface area (Å²) in [5.74, 6) is 1.98. The van der Waals surface area contributed by atoms with Crippen LogP contribution in [-0.2, 0) is 0 Å². The molecule has 3 N–H and O–H groups in total. The Bertz CT molecular complexity index is 576. The van der Waals surface area contributed by atoms with Gasteiger partial charge >= 0.3 is 0 Å². The average Bonchev–Trinajstić information content (AvgIpc) is 2.53. The third-order valence-corrected chi connectivity index (χ3v) is 3.70. The Morgan fingerprint density at radius 2 is 2.30 bits per heavy atom. The van der Waals surface area contributed by atoms with Crippen molar-refractivity contribution in [2.75, 3.05) is 13.1 Å². The van der Waals surface area contributed by atoms with E-state index in [9.17, 15) is 4.79 Å². The molecule has 1 amide bonds. The number of ether oxygens (including phenoxy) is 1. The van der Waals surface area contributed by atoms with Crippen molar-refractivity contribution in [1.82, 2.24) is 10.3 Å². The Labute approximate surface area is 137 Å². The van der Waals surface area contributed by atoms with Crippen molar-refractivity contribution < 1.29 is 9.53 Å². The van der Waals surface area contributed by atoms with Gasteiger partial charge in [0.15, 0.2) is 0 Å². The summed E-state index contributed by atoms with van der Waals surface area (Å²) in [6, 6.07) is 3.26. The number of amides is 1. The van der Waals surface area contributed by atoms with Gasteiger partial charge in [0, 0.05) is 18.8 Å². The molecule has 0 fully saturated rings. The summed E-state index contributed by atoms with van der Waals surface area (Å²) >= 11 is 0. The maximum absolute atomic E-state index is 11.0. The van der Waals surface area contributed by atoms with E-state index in [1.165, 1.54) is 12.6 Å². The molecule has 1 aliphatic rings. The first-order chi connectivity index (χ1) is 11.0. The summed E-state index contributed by atoms with van der Waals surface area (Å²) in [5.41, 5.74) is 5.55. The molecule has 0 saturated heterocycles. The van der Waals surface area contributed by atoms with Crippen molar-refractivity contribution in [2.45, 2.75) is 26.7 Å². The number of pyridine rings is 1. The lowest BCUT2D eigenvalue weighted by Gasteiger charge is -2.17. The second kappa shape index (κ2) is 8.48. The van der Waals surface area contributed by atoms with Gasteiger partial charge in [-0.15, -0.1) is 0 Å². The predicted molar refractivity (Wildman–Crippen MR) is 91.0 cm³/mol. The molecule has 1 aromatic heterocycles. The summed E-state index contributed by atoms with van der Waals surface area (Å²) in [6.45, 7) is 6.51. The Kier molecular flexibility index (Phi) is 6.35. The van der Waals surface area contributed by atoms with Gasteiger partial charge in [0.05, 0.1) is 5.56 Å². The number of nitrogens with one attached hydrogen (secondary N) is 1. The monoisotopic (exact) mass is 315 g/mol. The zero-order chi connectivity index (χ0) is 16.7. The summed E-state index contributed by atoms with van der Waals surface area (Å²) in [5, 5.41) is 3.49. The summed E-state index contributed by atoms with van der Waals surface area (Å²) in [7, 11) is 0. The first-order valence-corrected chi connectivity index (χ1v) is 8.07. The minimum atomic E-state index is -0.492. The third-order valence-electron chi connectivity index (χ3n) is 3.70. The predicted octanol–water partition coefficient (Wildman–Crippen LogP) is 2.66. The van der Waals surface area contributed by atoms with Gasteiger partial charge in [-0.1, -0.05) is 19.9 Å². The van der Waals surface area contributed by atoms with E-state index in [4.69, 9.17) is 10.5 Å². The number of rotatable bonds is 8. The molecule has 0 spiro atoms. The number of aromatic nitrogens is 1. The van der Waals surface area contributed by atoms with E-state index in [1.54, 1.807) is 12.1 Å². The van der Waals surface area contributed by atoms with Crippen molar-refractivity contribution in [2.24, 2.45) is 17.6 Å². The number of nitrogens with zero attached hydrogens (tertiary/aromatic N) is 1. The highest BCUT2D eigenvalue weighted by Crippen LogP contribution is 2.19. The van der Waals surface area contributed by atoms with E-state index in [1.807, 2.05) is 6.08 Å². The van der Waals surface area contributed by atoms with Crippen LogP contribution in [0.1, 0.15) is 37.0 Å². The Hall–Kier alpha value is -2.14. The van der Waals surface area contributed by atoms with E-state index in [2.05, 4.69) is 36.3 Å². The van der Waals surface area contributed by atoms with Crippen LogP contribution in [0.3, 0.4) is 0 Å². The van der Waals surface area contributed by atoms with Crippen molar-refractivity contribution >= 4 is 5.91 Å². The fourth-order valence-electron chi connectivity index (χ4n) is 2.26. The van der Waals surface area contributed by atoms with E-state index >= 15 is 0 Å². The molecule has 1 heterocycles. The molecule has 23 heavy (non-hydrogen) atoms. The molecule has 0 aromatic carbocycles. The number of carbonyl (C=O) groups excluding carboxylic acids is 1. The van der Waals surface area contributed by atoms with Crippen molar-refractivity contribution in [3.8, 4) is 5.88 Å². The number of hydrogen-bond donors (Lipinski definition) is 2. The van der Waals surface area contributed by atoms with Gasteiger partial charge in [-0.2, -0.15) is 0 Å². The molecule has 1 aliphatic carbocycles. The smallest absolute Gasteiger partial charge is 0.250 e. The normalized spacial score (nSPS) is 17.2. The summed E-state index contributed by atoms with van der Waals surface area (Å²) < 4.78 is 5.69. The van der Waals surface area contributed by atoms with Crippen LogP contribution < -0.4 is 15.8 Å². The standard InChI is InChI=1S/C18H25N3O2/c1-13(2)9-10-20-11-14-3-6-16(7-4-14)23-17-8-5-15(12-21-17)18(19)22/h3,5-8,12-14,20H,4,9-11H2,1-2H3,(H2,19,22). The van der Waals surface area contributed by atoms with Gasteiger partial charge in [-0.05, 0) is 49.4 Å². The topological polar surface area (TPSA) is 77.2 Å². The molecule has 0 radical (unpaired) electrons.